The van der Waals surface area contributed by atoms with Gasteiger partial charge in [-0.25, -0.2) is 0 Å². The highest BCUT2D eigenvalue weighted by Gasteiger charge is 2.23. The molecule has 2 rings (SSSR count). The summed E-state index contributed by atoms with van der Waals surface area (Å²) in [5.41, 5.74) is 0.600. The van der Waals surface area contributed by atoms with Crippen LogP contribution in [0, 0.1) is 0 Å². The number of hydrogen-bond donors (Lipinski definition) is 0. The number of rotatable bonds is 3. The van der Waals surface area contributed by atoms with Crippen LogP contribution in [0.3, 0.4) is 0 Å². The first-order valence-electron chi connectivity index (χ1n) is 7.31. The lowest BCUT2D eigenvalue weighted by Crippen LogP contribution is -2.33. The van der Waals surface area contributed by atoms with Crippen molar-refractivity contribution in [3.8, 4) is 5.75 Å². The molecule has 0 aromatic heterocycles. The summed E-state index contributed by atoms with van der Waals surface area (Å²) in [4.78, 5) is 16.8. The van der Waals surface area contributed by atoms with E-state index in [2.05, 4.69) is 19.0 Å². The molecular formula is C16H23ClN2O2. The summed E-state index contributed by atoms with van der Waals surface area (Å²) < 4.78 is 5.18. The van der Waals surface area contributed by atoms with Gasteiger partial charge in [0, 0.05) is 29.7 Å². The maximum absolute atomic E-state index is 12.6. The van der Waals surface area contributed by atoms with Crippen molar-refractivity contribution in [2.75, 3.05) is 34.3 Å². The van der Waals surface area contributed by atoms with Gasteiger partial charge in [0.25, 0.3) is 5.91 Å². The average Bonchev–Trinajstić information content (AvgIpc) is 2.71. The zero-order chi connectivity index (χ0) is 15.4. The summed E-state index contributed by atoms with van der Waals surface area (Å²) >= 11 is 6.05. The highest BCUT2D eigenvalue weighted by Crippen LogP contribution is 2.23. The zero-order valence-corrected chi connectivity index (χ0v) is 13.7. The quantitative estimate of drug-likeness (QED) is 0.860. The van der Waals surface area contributed by atoms with E-state index in [0.717, 1.165) is 32.4 Å². The number of methoxy groups -OCH3 is 1. The maximum Gasteiger partial charge on any atom is 0.254 e. The highest BCUT2D eigenvalue weighted by molar-refractivity contribution is 6.31. The number of halogens is 1. The molecule has 0 radical (unpaired) electrons. The second kappa shape index (κ2) is 7.14. The third kappa shape index (κ3) is 4.11. The summed E-state index contributed by atoms with van der Waals surface area (Å²) in [6, 6.07) is 5.73. The third-order valence-electron chi connectivity index (χ3n) is 4.07. The molecule has 1 fully saturated rings. The lowest BCUT2D eigenvalue weighted by molar-refractivity contribution is 0.0758. The van der Waals surface area contributed by atoms with Gasteiger partial charge in [-0.2, -0.15) is 0 Å². The molecule has 1 atom stereocenters. The van der Waals surface area contributed by atoms with E-state index in [0.29, 0.717) is 22.4 Å². The fourth-order valence-electron chi connectivity index (χ4n) is 2.78. The fourth-order valence-corrected chi connectivity index (χ4v) is 3.01. The molecule has 1 aliphatic heterocycles. The van der Waals surface area contributed by atoms with Crippen LogP contribution in [0.25, 0.3) is 0 Å². The number of carbonyl (C=O) groups excluding carboxylic acids is 1. The smallest absolute Gasteiger partial charge is 0.254 e. The molecule has 0 unspecified atom stereocenters. The molecule has 1 heterocycles. The van der Waals surface area contributed by atoms with Crippen molar-refractivity contribution >= 4 is 17.5 Å². The highest BCUT2D eigenvalue weighted by atomic mass is 35.5. The first-order valence-corrected chi connectivity index (χ1v) is 7.69. The Kier molecular flexibility index (Phi) is 5.48. The molecule has 1 aliphatic rings. The molecule has 21 heavy (non-hydrogen) atoms. The van der Waals surface area contributed by atoms with Gasteiger partial charge in [0.05, 0.1) is 7.11 Å². The van der Waals surface area contributed by atoms with E-state index < -0.39 is 0 Å². The Balaban J connectivity index is 2.11. The normalized spacial score (nSPS) is 19.5. The second-order valence-corrected chi connectivity index (χ2v) is 6.16. The molecule has 0 spiro atoms. The maximum atomic E-state index is 12.6. The van der Waals surface area contributed by atoms with Crippen LogP contribution >= 0.6 is 11.6 Å². The van der Waals surface area contributed by atoms with Gasteiger partial charge in [0.1, 0.15) is 5.75 Å². The van der Waals surface area contributed by atoms with Gasteiger partial charge in [-0.1, -0.05) is 11.6 Å². The van der Waals surface area contributed by atoms with Gasteiger partial charge in [-0.15, -0.1) is 0 Å². The Morgan fingerprint density at radius 2 is 2.05 bits per heavy atom. The summed E-state index contributed by atoms with van der Waals surface area (Å²) in [7, 11) is 5.78. The summed E-state index contributed by atoms with van der Waals surface area (Å²) in [6.45, 7) is 1.59. The molecule has 0 bridgehead atoms. The third-order valence-corrected chi connectivity index (χ3v) is 4.29. The van der Waals surface area contributed by atoms with E-state index in [-0.39, 0.29) is 5.91 Å². The number of carbonyl (C=O) groups is 1. The number of amides is 1. The minimum Gasteiger partial charge on any atom is -0.497 e. The van der Waals surface area contributed by atoms with Crippen LogP contribution in [0.2, 0.25) is 5.02 Å². The molecule has 0 aliphatic carbocycles. The average molecular weight is 311 g/mol. The first-order chi connectivity index (χ1) is 10.0. The molecule has 5 heteroatoms. The minimum absolute atomic E-state index is 0.0372. The molecular weight excluding hydrogens is 288 g/mol. The molecule has 4 nitrogen and oxygen atoms in total. The van der Waals surface area contributed by atoms with Crippen LogP contribution in [-0.4, -0.2) is 56.0 Å². The molecule has 116 valence electrons. The van der Waals surface area contributed by atoms with E-state index in [9.17, 15) is 4.79 Å². The van der Waals surface area contributed by atoms with Crippen molar-refractivity contribution in [1.29, 1.82) is 0 Å². The number of likely N-dealkylation sites (tertiary alicyclic amines) is 1. The van der Waals surface area contributed by atoms with Crippen LogP contribution in [0.1, 0.15) is 29.6 Å². The van der Waals surface area contributed by atoms with E-state index in [1.165, 1.54) is 0 Å². The Hall–Kier alpha value is -1.26. The van der Waals surface area contributed by atoms with Crippen molar-refractivity contribution in [2.24, 2.45) is 0 Å². The van der Waals surface area contributed by atoms with Gasteiger partial charge in [-0.05, 0) is 51.6 Å². The number of benzene rings is 1. The SMILES string of the molecule is COc1cc(Cl)cc(C(=O)N2CCC[C@H](N(C)C)CC2)c1. The Bertz CT molecular complexity index is 505. The van der Waals surface area contributed by atoms with Crippen molar-refractivity contribution in [3.05, 3.63) is 28.8 Å². The molecule has 1 aromatic carbocycles. The lowest BCUT2D eigenvalue weighted by atomic mass is 10.1. The molecule has 1 aromatic rings. The topological polar surface area (TPSA) is 32.8 Å². The first kappa shape index (κ1) is 16.1. The fraction of sp³-hybridized carbons (Fsp3) is 0.562. The van der Waals surface area contributed by atoms with Crippen molar-refractivity contribution in [3.63, 3.8) is 0 Å². The predicted octanol–water partition coefficient (Wildman–Crippen LogP) is 2.90. The standard InChI is InChI=1S/C16H23ClN2O2/c1-18(2)14-5-4-7-19(8-6-14)16(20)12-9-13(17)11-15(10-12)21-3/h9-11,14H,4-8H2,1-3H3/t14-/m0/s1. The number of ether oxygens (including phenoxy) is 1. The van der Waals surface area contributed by atoms with Gasteiger partial charge in [0.2, 0.25) is 0 Å². The summed E-state index contributed by atoms with van der Waals surface area (Å²) in [5, 5.41) is 0.527. The number of nitrogens with zero attached hydrogens (tertiary/aromatic N) is 2. The molecule has 1 amide bonds. The largest absolute Gasteiger partial charge is 0.497 e. The predicted molar refractivity (Wildman–Crippen MR) is 85.2 cm³/mol. The Morgan fingerprint density at radius 1 is 1.29 bits per heavy atom. The van der Waals surface area contributed by atoms with Crippen molar-refractivity contribution < 1.29 is 9.53 Å². The van der Waals surface area contributed by atoms with E-state index in [4.69, 9.17) is 16.3 Å². The summed E-state index contributed by atoms with van der Waals surface area (Å²) in [5.74, 6) is 0.655. The lowest BCUT2D eigenvalue weighted by Gasteiger charge is -2.23. The Morgan fingerprint density at radius 3 is 2.71 bits per heavy atom. The summed E-state index contributed by atoms with van der Waals surface area (Å²) in [6.07, 6.45) is 3.18. The van der Waals surface area contributed by atoms with Crippen LogP contribution < -0.4 is 4.74 Å². The van der Waals surface area contributed by atoms with Gasteiger partial charge in [-0.3, -0.25) is 4.79 Å². The van der Waals surface area contributed by atoms with Crippen LogP contribution in [-0.2, 0) is 0 Å². The zero-order valence-electron chi connectivity index (χ0n) is 12.9. The number of hydrogen-bond acceptors (Lipinski definition) is 3. The van der Waals surface area contributed by atoms with Crippen molar-refractivity contribution in [2.45, 2.75) is 25.3 Å². The van der Waals surface area contributed by atoms with E-state index in [1.54, 1.807) is 25.3 Å². The minimum atomic E-state index is 0.0372. The monoisotopic (exact) mass is 310 g/mol. The van der Waals surface area contributed by atoms with Crippen molar-refractivity contribution in [1.82, 2.24) is 9.80 Å². The second-order valence-electron chi connectivity index (χ2n) is 5.72. The Labute approximate surface area is 131 Å². The van der Waals surface area contributed by atoms with Gasteiger partial charge in [0.15, 0.2) is 0 Å². The van der Waals surface area contributed by atoms with Crippen LogP contribution in [0.5, 0.6) is 5.75 Å². The molecule has 0 saturated carbocycles. The molecule has 0 N–H and O–H groups in total. The molecule has 1 saturated heterocycles. The van der Waals surface area contributed by atoms with E-state index >= 15 is 0 Å². The van der Waals surface area contributed by atoms with E-state index in [1.807, 2.05) is 4.90 Å². The van der Waals surface area contributed by atoms with Crippen LogP contribution in [0.15, 0.2) is 18.2 Å². The van der Waals surface area contributed by atoms with Gasteiger partial charge >= 0.3 is 0 Å². The van der Waals surface area contributed by atoms with Gasteiger partial charge < -0.3 is 14.5 Å². The van der Waals surface area contributed by atoms with Crippen LogP contribution in [0.4, 0.5) is 0 Å².